The number of halogens is 3. The van der Waals surface area contributed by atoms with Gasteiger partial charge in [-0.05, 0) is 25.3 Å². The maximum absolute atomic E-state index is 11.9. The molecule has 1 fully saturated rings. The lowest BCUT2D eigenvalue weighted by Gasteiger charge is -2.32. The second kappa shape index (κ2) is 5.52. The van der Waals surface area contributed by atoms with Gasteiger partial charge in [0.05, 0.1) is 6.42 Å². The fraction of sp³-hybridized carbons (Fsp3) is 0.900. The van der Waals surface area contributed by atoms with Gasteiger partial charge in [0.1, 0.15) is 0 Å². The van der Waals surface area contributed by atoms with Crippen molar-refractivity contribution in [1.29, 1.82) is 0 Å². The Balaban J connectivity index is 2.36. The highest BCUT2D eigenvalue weighted by molar-refractivity contribution is 5.76. The minimum atomic E-state index is -4.25. The van der Waals surface area contributed by atoms with Crippen molar-refractivity contribution in [3.63, 3.8) is 0 Å². The Labute approximate surface area is 92.8 Å². The molecule has 94 valence electrons. The number of alkyl halides is 3. The van der Waals surface area contributed by atoms with Gasteiger partial charge < -0.3 is 10.6 Å². The summed E-state index contributed by atoms with van der Waals surface area (Å²) in [5.74, 6) is -0.168. The first-order valence-corrected chi connectivity index (χ1v) is 5.47. The average molecular weight is 238 g/mol. The van der Waals surface area contributed by atoms with Gasteiger partial charge in [-0.1, -0.05) is 0 Å². The molecule has 0 aromatic carbocycles. The third-order valence-corrected chi connectivity index (χ3v) is 2.83. The summed E-state index contributed by atoms with van der Waals surface area (Å²) < 4.78 is 35.8. The number of rotatable bonds is 3. The van der Waals surface area contributed by atoms with Crippen LogP contribution in [0.25, 0.3) is 0 Å². The lowest BCUT2D eigenvalue weighted by molar-refractivity contribution is -0.150. The minimum Gasteiger partial charge on any atom is -0.342 e. The van der Waals surface area contributed by atoms with Crippen molar-refractivity contribution in [2.75, 3.05) is 19.6 Å². The Morgan fingerprint density at radius 1 is 1.44 bits per heavy atom. The lowest BCUT2D eigenvalue weighted by atomic mass is 9.98. The van der Waals surface area contributed by atoms with Crippen molar-refractivity contribution in [1.82, 2.24) is 4.90 Å². The Morgan fingerprint density at radius 3 is 2.69 bits per heavy atom. The number of amides is 1. The van der Waals surface area contributed by atoms with Gasteiger partial charge in [-0.3, -0.25) is 4.79 Å². The molecule has 0 spiro atoms. The third-order valence-electron chi connectivity index (χ3n) is 2.83. The molecule has 0 aromatic rings. The topological polar surface area (TPSA) is 46.3 Å². The number of piperidine rings is 1. The van der Waals surface area contributed by atoms with Crippen LogP contribution in [0.15, 0.2) is 0 Å². The summed E-state index contributed by atoms with van der Waals surface area (Å²) in [6, 6.07) is 0. The summed E-state index contributed by atoms with van der Waals surface area (Å²) in [5.41, 5.74) is 5.49. The number of nitrogens with zero attached hydrogens (tertiary/aromatic N) is 1. The van der Waals surface area contributed by atoms with Crippen LogP contribution in [0.1, 0.15) is 25.7 Å². The predicted molar refractivity (Wildman–Crippen MR) is 53.6 cm³/mol. The first kappa shape index (κ1) is 13.3. The van der Waals surface area contributed by atoms with Gasteiger partial charge in [0.15, 0.2) is 0 Å². The van der Waals surface area contributed by atoms with E-state index in [1.54, 1.807) is 0 Å². The maximum Gasteiger partial charge on any atom is 0.389 e. The van der Waals surface area contributed by atoms with Gasteiger partial charge in [-0.25, -0.2) is 0 Å². The summed E-state index contributed by atoms with van der Waals surface area (Å²) in [6.45, 7) is 1.56. The quantitative estimate of drug-likeness (QED) is 0.810. The normalized spacial score (nSPS) is 22.2. The van der Waals surface area contributed by atoms with E-state index in [4.69, 9.17) is 5.73 Å². The largest absolute Gasteiger partial charge is 0.389 e. The van der Waals surface area contributed by atoms with Gasteiger partial charge in [0.25, 0.3) is 0 Å². The minimum absolute atomic E-state index is 0.239. The first-order chi connectivity index (χ1) is 7.42. The van der Waals surface area contributed by atoms with Crippen LogP contribution >= 0.6 is 0 Å². The summed E-state index contributed by atoms with van der Waals surface area (Å²) in [5, 5.41) is 0. The zero-order chi connectivity index (χ0) is 12.2. The van der Waals surface area contributed by atoms with Crippen LogP contribution in [0.2, 0.25) is 0 Å². The van der Waals surface area contributed by atoms with Gasteiger partial charge in [0, 0.05) is 19.5 Å². The smallest absolute Gasteiger partial charge is 0.342 e. The predicted octanol–water partition coefficient (Wildman–Crippen LogP) is 1.53. The lowest BCUT2D eigenvalue weighted by Crippen LogP contribution is -2.42. The van der Waals surface area contributed by atoms with Crippen molar-refractivity contribution in [3.05, 3.63) is 0 Å². The highest BCUT2D eigenvalue weighted by Crippen LogP contribution is 2.23. The molecule has 0 saturated carbocycles. The third kappa shape index (κ3) is 4.38. The fourth-order valence-corrected chi connectivity index (χ4v) is 1.89. The van der Waals surface area contributed by atoms with Gasteiger partial charge in [-0.15, -0.1) is 0 Å². The molecule has 0 aromatic heterocycles. The van der Waals surface area contributed by atoms with E-state index >= 15 is 0 Å². The molecular weight excluding hydrogens is 221 g/mol. The molecule has 1 atom stereocenters. The van der Waals surface area contributed by atoms with Crippen molar-refractivity contribution in [2.24, 2.45) is 11.7 Å². The molecule has 6 heteroatoms. The number of likely N-dealkylation sites (tertiary alicyclic amines) is 1. The van der Waals surface area contributed by atoms with Crippen LogP contribution in [-0.4, -0.2) is 36.6 Å². The van der Waals surface area contributed by atoms with E-state index in [9.17, 15) is 18.0 Å². The summed E-state index contributed by atoms with van der Waals surface area (Å²) in [4.78, 5) is 13.0. The number of carbonyl (C=O) groups is 1. The van der Waals surface area contributed by atoms with E-state index in [1.165, 1.54) is 4.90 Å². The van der Waals surface area contributed by atoms with E-state index in [0.717, 1.165) is 12.8 Å². The average Bonchev–Trinajstić information content (AvgIpc) is 2.25. The molecule has 1 amide bonds. The molecule has 3 nitrogen and oxygen atoms in total. The van der Waals surface area contributed by atoms with Crippen molar-refractivity contribution >= 4 is 5.91 Å². The molecule has 1 aliphatic heterocycles. The molecule has 0 aliphatic carbocycles. The Bertz CT molecular complexity index is 243. The molecule has 16 heavy (non-hydrogen) atoms. The standard InChI is InChI=1S/C10H17F3N2O/c11-10(12,13)4-3-9(16)15-5-1-2-8(6-14)7-15/h8H,1-7,14H2. The van der Waals surface area contributed by atoms with Gasteiger partial charge in [0.2, 0.25) is 5.91 Å². The van der Waals surface area contributed by atoms with Crippen LogP contribution in [0.5, 0.6) is 0 Å². The summed E-state index contributed by atoms with van der Waals surface area (Å²) in [6.07, 6.45) is -3.94. The Morgan fingerprint density at radius 2 is 2.12 bits per heavy atom. The molecule has 0 radical (unpaired) electrons. The Kier molecular flexibility index (Phi) is 4.58. The maximum atomic E-state index is 11.9. The first-order valence-electron chi connectivity index (χ1n) is 5.47. The van der Waals surface area contributed by atoms with Gasteiger partial charge >= 0.3 is 6.18 Å². The molecule has 2 N–H and O–H groups in total. The molecular formula is C10H17F3N2O. The molecule has 1 rings (SSSR count). The van der Waals surface area contributed by atoms with E-state index < -0.39 is 24.9 Å². The zero-order valence-electron chi connectivity index (χ0n) is 9.09. The monoisotopic (exact) mass is 238 g/mol. The second-order valence-corrected chi connectivity index (χ2v) is 4.20. The van der Waals surface area contributed by atoms with E-state index in [1.807, 2.05) is 0 Å². The van der Waals surface area contributed by atoms with Crippen LogP contribution in [-0.2, 0) is 4.79 Å². The fourth-order valence-electron chi connectivity index (χ4n) is 1.89. The van der Waals surface area contributed by atoms with E-state index in [2.05, 4.69) is 0 Å². The number of carbonyl (C=O) groups excluding carboxylic acids is 1. The highest BCUT2D eigenvalue weighted by atomic mass is 19.4. The summed E-state index contributed by atoms with van der Waals surface area (Å²) in [7, 11) is 0. The van der Waals surface area contributed by atoms with Crippen molar-refractivity contribution < 1.29 is 18.0 Å². The zero-order valence-corrected chi connectivity index (χ0v) is 9.09. The molecule has 1 aliphatic rings. The molecule has 1 heterocycles. The number of hydrogen-bond donors (Lipinski definition) is 1. The van der Waals surface area contributed by atoms with Crippen LogP contribution in [0.4, 0.5) is 13.2 Å². The van der Waals surface area contributed by atoms with E-state index in [0.29, 0.717) is 19.6 Å². The Hall–Kier alpha value is -0.780. The highest BCUT2D eigenvalue weighted by Gasteiger charge is 2.30. The number of hydrogen-bond acceptors (Lipinski definition) is 2. The van der Waals surface area contributed by atoms with Crippen LogP contribution in [0, 0.1) is 5.92 Å². The molecule has 1 unspecified atom stereocenters. The van der Waals surface area contributed by atoms with Gasteiger partial charge in [-0.2, -0.15) is 13.2 Å². The van der Waals surface area contributed by atoms with Crippen molar-refractivity contribution in [2.45, 2.75) is 31.9 Å². The van der Waals surface area contributed by atoms with Crippen LogP contribution < -0.4 is 5.73 Å². The van der Waals surface area contributed by atoms with Crippen LogP contribution in [0.3, 0.4) is 0 Å². The molecule has 0 bridgehead atoms. The SMILES string of the molecule is NCC1CCCN(C(=O)CCC(F)(F)F)C1. The molecule has 1 saturated heterocycles. The second-order valence-electron chi connectivity index (χ2n) is 4.20. The van der Waals surface area contributed by atoms with E-state index in [-0.39, 0.29) is 5.92 Å². The number of nitrogens with two attached hydrogens (primary N) is 1. The van der Waals surface area contributed by atoms with Crippen molar-refractivity contribution in [3.8, 4) is 0 Å². The summed E-state index contributed by atoms with van der Waals surface area (Å²) >= 11 is 0.